The Kier molecular flexibility index (Phi) is 7.01. The van der Waals surface area contributed by atoms with E-state index in [0.29, 0.717) is 30.0 Å². The van der Waals surface area contributed by atoms with Gasteiger partial charge >= 0.3 is 0 Å². The highest BCUT2D eigenvalue weighted by Crippen LogP contribution is 2.38. The summed E-state index contributed by atoms with van der Waals surface area (Å²) in [5.41, 5.74) is 2.66. The second kappa shape index (κ2) is 10.1. The Morgan fingerprint density at radius 1 is 1.15 bits per heavy atom. The van der Waals surface area contributed by atoms with E-state index < -0.39 is 12.1 Å². The largest absolute Gasteiger partial charge is 0.481 e. The van der Waals surface area contributed by atoms with E-state index in [-0.39, 0.29) is 30.1 Å². The molecule has 0 fully saturated rings. The van der Waals surface area contributed by atoms with Crippen molar-refractivity contribution in [2.24, 2.45) is 5.92 Å². The third-order valence-electron chi connectivity index (χ3n) is 5.99. The fraction of sp³-hybridized carbons (Fsp3) is 0.333. The highest BCUT2D eigenvalue weighted by molar-refractivity contribution is 5.81. The van der Waals surface area contributed by atoms with Crippen LogP contribution in [0.25, 0.3) is 0 Å². The Labute approximate surface area is 198 Å². The van der Waals surface area contributed by atoms with Crippen molar-refractivity contribution in [1.29, 1.82) is 0 Å². The van der Waals surface area contributed by atoms with Crippen molar-refractivity contribution in [3.8, 4) is 5.75 Å². The van der Waals surface area contributed by atoms with Gasteiger partial charge in [-0.15, -0.1) is 0 Å². The summed E-state index contributed by atoms with van der Waals surface area (Å²) in [5.74, 6) is 0.372. The number of fused-ring (bicyclic) bond motifs is 1. The topological polar surface area (TPSA) is 71.8 Å². The van der Waals surface area contributed by atoms with Gasteiger partial charge in [-0.1, -0.05) is 32.0 Å². The molecule has 34 heavy (non-hydrogen) atoms. The van der Waals surface area contributed by atoms with E-state index in [1.165, 1.54) is 12.1 Å². The molecule has 2 aromatic carbocycles. The van der Waals surface area contributed by atoms with E-state index >= 15 is 0 Å². The molecule has 0 bridgehead atoms. The lowest BCUT2D eigenvalue weighted by Gasteiger charge is -2.39. The van der Waals surface area contributed by atoms with E-state index in [1.807, 2.05) is 43.0 Å². The second-order valence-electron chi connectivity index (χ2n) is 8.81. The smallest absolute Gasteiger partial charge is 0.261 e. The zero-order valence-electron chi connectivity index (χ0n) is 19.6. The molecule has 1 aliphatic heterocycles. The van der Waals surface area contributed by atoms with Gasteiger partial charge in [0, 0.05) is 12.5 Å². The Morgan fingerprint density at radius 2 is 1.97 bits per heavy atom. The summed E-state index contributed by atoms with van der Waals surface area (Å²) in [7, 11) is 0. The monoisotopic (exact) mass is 464 g/mol. The normalized spacial score (nSPS) is 16.1. The maximum absolute atomic E-state index is 14.1. The summed E-state index contributed by atoms with van der Waals surface area (Å²) >= 11 is 0. The van der Waals surface area contributed by atoms with Gasteiger partial charge in [0.2, 0.25) is 5.91 Å². The van der Waals surface area contributed by atoms with Crippen LogP contribution in [-0.4, -0.2) is 29.4 Å². The number of halogens is 1. The average molecular weight is 465 g/mol. The van der Waals surface area contributed by atoms with Gasteiger partial charge in [0.25, 0.3) is 5.91 Å². The number of benzene rings is 2. The zero-order valence-corrected chi connectivity index (χ0v) is 19.6. The third-order valence-corrected chi connectivity index (χ3v) is 5.99. The van der Waals surface area contributed by atoms with Gasteiger partial charge in [-0.25, -0.2) is 4.39 Å². The van der Waals surface area contributed by atoms with Crippen LogP contribution in [0.15, 0.2) is 65.3 Å². The Hall–Kier alpha value is -3.61. The van der Waals surface area contributed by atoms with Crippen LogP contribution in [0.2, 0.25) is 0 Å². The van der Waals surface area contributed by atoms with E-state index in [4.69, 9.17) is 9.15 Å². The Balaban J connectivity index is 1.59. The molecule has 1 aliphatic rings. The fourth-order valence-corrected chi connectivity index (χ4v) is 4.26. The molecule has 178 valence electrons. The second-order valence-corrected chi connectivity index (χ2v) is 8.81. The van der Waals surface area contributed by atoms with Crippen molar-refractivity contribution in [1.82, 2.24) is 10.2 Å². The number of nitrogens with one attached hydrogen (secondary N) is 1. The highest BCUT2D eigenvalue weighted by Gasteiger charge is 2.33. The molecule has 2 atom stereocenters. The summed E-state index contributed by atoms with van der Waals surface area (Å²) in [6, 6.07) is 15.1. The lowest BCUT2D eigenvalue weighted by Crippen LogP contribution is -2.42. The first-order valence-corrected chi connectivity index (χ1v) is 11.5. The molecule has 1 N–H and O–H groups in total. The molecule has 3 aromatic rings. The number of hydrogen-bond acceptors (Lipinski definition) is 4. The van der Waals surface area contributed by atoms with Crippen molar-refractivity contribution in [2.75, 3.05) is 6.54 Å². The highest BCUT2D eigenvalue weighted by atomic mass is 19.1. The minimum absolute atomic E-state index is 0.0110. The van der Waals surface area contributed by atoms with E-state index in [1.54, 1.807) is 31.4 Å². The first-order chi connectivity index (χ1) is 16.3. The predicted octanol–water partition coefficient (Wildman–Crippen LogP) is 4.63. The molecule has 0 spiro atoms. The van der Waals surface area contributed by atoms with Gasteiger partial charge in [-0.3, -0.25) is 9.59 Å². The lowest BCUT2D eigenvalue weighted by molar-refractivity contribution is -0.136. The van der Waals surface area contributed by atoms with Crippen LogP contribution in [0.1, 0.15) is 49.3 Å². The third kappa shape index (κ3) is 5.14. The zero-order chi connectivity index (χ0) is 24.2. The van der Waals surface area contributed by atoms with E-state index in [0.717, 1.165) is 11.1 Å². The molecule has 0 saturated heterocycles. The van der Waals surface area contributed by atoms with Gasteiger partial charge in [0.1, 0.15) is 17.3 Å². The molecule has 2 unspecified atom stereocenters. The van der Waals surface area contributed by atoms with Crippen LogP contribution >= 0.6 is 0 Å². The molecular weight excluding hydrogens is 435 g/mol. The minimum atomic E-state index is -0.738. The molecular formula is C27H29FN2O4. The summed E-state index contributed by atoms with van der Waals surface area (Å²) in [6.07, 6.45) is 1.51. The molecule has 2 heterocycles. The van der Waals surface area contributed by atoms with Crippen molar-refractivity contribution >= 4 is 11.8 Å². The maximum Gasteiger partial charge on any atom is 0.261 e. The van der Waals surface area contributed by atoms with Crippen molar-refractivity contribution in [3.05, 3.63) is 89.1 Å². The molecule has 0 aliphatic carbocycles. The Bertz CT molecular complexity index is 1160. The van der Waals surface area contributed by atoms with Gasteiger partial charge < -0.3 is 19.4 Å². The molecule has 0 radical (unpaired) electrons. The number of hydrogen-bond donors (Lipinski definition) is 1. The summed E-state index contributed by atoms with van der Waals surface area (Å²) in [5, 5.41) is 2.79. The summed E-state index contributed by atoms with van der Waals surface area (Å²) in [4.78, 5) is 27.3. The number of carbonyl (C=O) groups is 2. The van der Waals surface area contributed by atoms with Crippen molar-refractivity contribution in [3.63, 3.8) is 0 Å². The van der Waals surface area contributed by atoms with Crippen LogP contribution < -0.4 is 10.1 Å². The summed E-state index contributed by atoms with van der Waals surface area (Å²) < 4.78 is 25.3. The number of ether oxygens (including phenoxy) is 1. The molecule has 7 heteroatoms. The molecule has 1 aromatic heterocycles. The van der Waals surface area contributed by atoms with Crippen LogP contribution in [0, 0.1) is 11.7 Å². The SMILES string of the molecule is CC(C)C(=O)N1CCc2ccc(OC(C)C(=O)NCc3ccco3)cc2C1c1cccc(F)c1. The number of carbonyl (C=O) groups excluding carboxylic acids is 2. The maximum atomic E-state index is 14.1. The van der Waals surface area contributed by atoms with Crippen molar-refractivity contribution in [2.45, 2.75) is 45.9 Å². The van der Waals surface area contributed by atoms with Crippen LogP contribution in [0.4, 0.5) is 4.39 Å². The van der Waals surface area contributed by atoms with Gasteiger partial charge in [-0.2, -0.15) is 0 Å². The van der Waals surface area contributed by atoms with Crippen LogP contribution in [-0.2, 0) is 22.6 Å². The minimum Gasteiger partial charge on any atom is -0.481 e. The van der Waals surface area contributed by atoms with Gasteiger partial charge in [0.15, 0.2) is 6.10 Å². The average Bonchev–Trinajstić information content (AvgIpc) is 3.34. The number of furan rings is 1. The predicted molar refractivity (Wildman–Crippen MR) is 126 cm³/mol. The number of nitrogens with zero attached hydrogens (tertiary/aromatic N) is 1. The quantitative estimate of drug-likeness (QED) is 0.553. The molecule has 2 amide bonds. The summed E-state index contributed by atoms with van der Waals surface area (Å²) in [6.45, 7) is 6.23. The lowest BCUT2D eigenvalue weighted by atomic mass is 9.87. The Morgan fingerprint density at radius 3 is 2.68 bits per heavy atom. The molecule has 4 rings (SSSR count). The number of amides is 2. The molecule has 0 saturated carbocycles. The van der Waals surface area contributed by atoms with Crippen molar-refractivity contribution < 1.29 is 23.1 Å². The van der Waals surface area contributed by atoms with E-state index in [9.17, 15) is 14.0 Å². The van der Waals surface area contributed by atoms with E-state index in [2.05, 4.69) is 5.32 Å². The number of rotatable bonds is 7. The fourth-order valence-electron chi connectivity index (χ4n) is 4.26. The standard InChI is InChI=1S/C27H29FN2O4/c1-17(2)27(32)30-12-11-19-9-10-22(15-24(19)25(30)20-6-4-7-21(28)14-20)34-18(3)26(31)29-16-23-8-5-13-33-23/h4-10,13-15,17-18,25H,11-12,16H2,1-3H3,(H,29,31). The first kappa shape index (κ1) is 23.5. The van der Waals surface area contributed by atoms with Crippen LogP contribution in [0.5, 0.6) is 5.75 Å². The van der Waals surface area contributed by atoms with Crippen LogP contribution in [0.3, 0.4) is 0 Å². The molecule has 6 nitrogen and oxygen atoms in total. The van der Waals surface area contributed by atoms with Gasteiger partial charge in [0.05, 0.1) is 18.8 Å². The van der Waals surface area contributed by atoms with Gasteiger partial charge in [-0.05, 0) is 66.4 Å². The first-order valence-electron chi connectivity index (χ1n) is 11.5.